The molecule has 0 radical (unpaired) electrons. The number of carbonyl (C=O) groups excluding carboxylic acids is 1. The maximum atomic E-state index is 12.6. The SMILES string of the molecule is [N-]=[N+]=C(C(=O)OC1CCCCC1)C(Nc1cnccn1)c1cccnc1. The van der Waals surface area contributed by atoms with Crippen LogP contribution in [-0.4, -0.2) is 37.5 Å². The summed E-state index contributed by atoms with van der Waals surface area (Å²) in [5.74, 6) is -0.211. The van der Waals surface area contributed by atoms with Gasteiger partial charge in [-0.3, -0.25) is 9.97 Å². The third-order valence-electron chi connectivity index (χ3n) is 4.29. The van der Waals surface area contributed by atoms with E-state index in [1.54, 1.807) is 30.7 Å². The van der Waals surface area contributed by atoms with Crippen LogP contribution < -0.4 is 5.32 Å². The van der Waals surface area contributed by atoms with E-state index in [1.807, 2.05) is 0 Å². The van der Waals surface area contributed by atoms with Gasteiger partial charge in [-0.15, -0.1) is 0 Å². The van der Waals surface area contributed by atoms with Gasteiger partial charge in [-0.1, -0.05) is 12.5 Å². The normalized spacial score (nSPS) is 15.5. The molecule has 1 atom stereocenters. The van der Waals surface area contributed by atoms with E-state index in [-0.39, 0.29) is 11.8 Å². The molecule has 1 aliphatic rings. The minimum Gasteiger partial charge on any atom is -0.454 e. The molecule has 1 unspecified atom stereocenters. The van der Waals surface area contributed by atoms with E-state index in [9.17, 15) is 10.3 Å². The standard InChI is InChI=1S/C18H20N6O2/c19-24-17(18(25)26-14-6-2-1-3-7-14)16(13-5-4-8-20-11-13)23-15-12-21-9-10-22-15/h4-5,8-12,14,16H,1-3,6-7H2,(H,22,23). The van der Waals surface area contributed by atoms with Crippen LogP contribution in [0.1, 0.15) is 43.7 Å². The van der Waals surface area contributed by atoms with Gasteiger partial charge in [0.05, 0.1) is 6.20 Å². The van der Waals surface area contributed by atoms with Gasteiger partial charge in [0.1, 0.15) is 11.9 Å². The van der Waals surface area contributed by atoms with Gasteiger partial charge in [-0.05, 0) is 31.7 Å². The molecule has 0 amide bonds. The number of nitrogens with one attached hydrogen (secondary N) is 1. The van der Waals surface area contributed by atoms with E-state index >= 15 is 0 Å². The monoisotopic (exact) mass is 352 g/mol. The van der Waals surface area contributed by atoms with E-state index in [4.69, 9.17) is 4.74 Å². The van der Waals surface area contributed by atoms with E-state index < -0.39 is 12.0 Å². The molecule has 0 aromatic carbocycles. The van der Waals surface area contributed by atoms with Gasteiger partial charge in [-0.2, -0.15) is 4.79 Å². The molecule has 8 nitrogen and oxygen atoms in total. The fourth-order valence-corrected chi connectivity index (χ4v) is 2.99. The highest BCUT2D eigenvalue weighted by atomic mass is 16.5. The molecule has 26 heavy (non-hydrogen) atoms. The number of aromatic nitrogens is 3. The summed E-state index contributed by atoms with van der Waals surface area (Å²) in [6.07, 6.45) is 12.6. The molecule has 2 heterocycles. The summed E-state index contributed by atoms with van der Waals surface area (Å²) in [5, 5.41) is 3.06. The van der Waals surface area contributed by atoms with Crippen molar-refractivity contribution in [2.24, 2.45) is 0 Å². The number of anilines is 1. The molecule has 2 aromatic heterocycles. The number of carbonyl (C=O) groups is 1. The quantitative estimate of drug-likeness (QED) is 0.370. The number of esters is 1. The molecule has 0 bridgehead atoms. The van der Waals surface area contributed by atoms with Gasteiger partial charge in [0.15, 0.2) is 6.04 Å². The third-order valence-corrected chi connectivity index (χ3v) is 4.29. The van der Waals surface area contributed by atoms with Gasteiger partial charge < -0.3 is 15.6 Å². The predicted octanol–water partition coefficient (Wildman–Crippen LogP) is 2.57. The summed E-state index contributed by atoms with van der Waals surface area (Å²) in [5.41, 5.74) is 10.0. The molecule has 1 fully saturated rings. The molecule has 1 aliphatic carbocycles. The molecule has 0 spiro atoms. The average Bonchev–Trinajstić information content (AvgIpc) is 2.70. The second-order valence-corrected chi connectivity index (χ2v) is 6.10. The zero-order valence-corrected chi connectivity index (χ0v) is 14.3. The maximum absolute atomic E-state index is 12.6. The van der Waals surface area contributed by atoms with Crippen molar-refractivity contribution in [1.82, 2.24) is 15.0 Å². The van der Waals surface area contributed by atoms with Crippen molar-refractivity contribution < 1.29 is 14.3 Å². The van der Waals surface area contributed by atoms with E-state index in [1.165, 1.54) is 12.4 Å². The Labute approximate surface area is 151 Å². The zero-order chi connectivity index (χ0) is 18.2. The lowest BCUT2D eigenvalue weighted by Gasteiger charge is -2.22. The molecule has 0 saturated heterocycles. The Balaban J connectivity index is 1.83. The van der Waals surface area contributed by atoms with Crippen LogP contribution in [0.25, 0.3) is 5.53 Å². The molecular weight excluding hydrogens is 332 g/mol. The predicted molar refractivity (Wildman–Crippen MR) is 94.2 cm³/mol. The van der Waals surface area contributed by atoms with E-state index in [2.05, 4.69) is 25.1 Å². The molecule has 134 valence electrons. The van der Waals surface area contributed by atoms with Crippen LogP contribution in [0.4, 0.5) is 5.82 Å². The summed E-state index contributed by atoms with van der Waals surface area (Å²) in [6, 6.07) is 2.75. The second-order valence-electron chi connectivity index (χ2n) is 6.10. The van der Waals surface area contributed by atoms with Crippen molar-refractivity contribution in [3.8, 4) is 0 Å². The summed E-state index contributed by atoms with van der Waals surface area (Å²) in [6.45, 7) is 0. The maximum Gasteiger partial charge on any atom is 0.419 e. The van der Waals surface area contributed by atoms with Gasteiger partial charge >= 0.3 is 11.7 Å². The van der Waals surface area contributed by atoms with Crippen molar-refractivity contribution in [2.75, 3.05) is 5.32 Å². The van der Waals surface area contributed by atoms with E-state index in [0.29, 0.717) is 11.4 Å². The highest BCUT2D eigenvalue weighted by Crippen LogP contribution is 2.23. The first kappa shape index (κ1) is 17.7. The molecule has 1 N–H and O–H groups in total. The fourth-order valence-electron chi connectivity index (χ4n) is 2.99. The summed E-state index contributed by atoms with van der Waals surface area (Å²) < 4.78 is 5.56. The lowest BCUT2D eigenvalue weighted by molar-refractivity contribution is -0.147. The highest BCUT2D eigenvalue weighted by molar-refractivity contribution is 6.36. The topological polar surface area (TPSA) is 113 Å². The Morgan fingerprint density at radius 3 is 2.65 bits per heavy atom. The van der Waals surface area contributed by atoms with Crippen LogP contribution in [0, 0.1) is 0 Å². The van der Waals surface area contributed by atoms with Crippen LogP contribution in [0.3, 0.4) is 0 Å². The van der Waals surface area contributed by atoms with Gasteiger partial charge in [0.25, 0.3) is 0 Å². The number of hydrogen-bond acceptors (Lipinski definition) is 6. The van der Waals surface area contributed by atoms with Crippen molar-refractivity contribution in [3.63, 3.8) is 0 Å². The molecule has 8 heteroatoms. The minimum absolute atomic E-state index is 0.140. The summed E-state index contributed by atoms with van der Waals surface area (Å²) in [7, 11) is 0. The van der Waals surface area contributed by atoms with Crippen LogP contribution in [0.5, 0.6) is 0 Å². The Kier molecular flexibility index (Phi) is 6.01. The van der Waals surface area contributed by atoms with Crippen LogP contribution in [-0.2, 0) is 9.53 Å². The van der Waals surface area contributed by atoms with Crippen molar-refractivity contribution in [3.05, 3.63) is 54.2 Å². The average molecular weight is 352 g/mol. The third kappa shape index (κ3) is 4.49. The van der Waals surface area contributed by atoms with Crippen molar-refractivity contribution >= 4 is 17.5 Å². The lowest BCUT2D eigenvalue weighted by Crippen LogP contribution is -2.34. The summed E-state index contributed by atoms with van der Waals surface area (Å²) >= 11 is 0. The number of nitrogens with zero attached hydrogens (tertiary/aromatic N) is 5. The van der Waals surface area contributed by atoms with E-state index in [0.717, 1.165) is 32.1 Å². The van der Waals surface area contributed by atoms with Crippen LogP contribution >= 0.6 is 0 Å². The molecule has 3 rings (SSSR count). The second kappa shape index (κ2) is 8.82. The lowest BCUT2D eigenvalue weighted by atomic mass is 9.97. The Hall–Kier alpha value is -3.12. The molecule has 2 aromatic rings. The molecule has 0 aliphatic heterocycles. The van der Waals surface area contributed by atoms with Crippen molar-refractivity contribution in [2.45, 2.75) is 44.2 Å². The number of hydrogen-bond donors (Lipinski definition) is 1. The first-order valence-corrected chi connectivity index (χ1v) is 8.63. The molecule has 1 saturated carbocycles. The Morgan fingerprint density at radius 2 is 2.00 bits per heavy atom. The minimum atomic E-state index is -0.763. The largest absolute Gasteiger partial charge is 0.454 e. The first-order valence-electron chi connectivity index (χ1n) is 8.63. The van der Waals surface area contributed by atoms with Crippen LogP contribution in [0.2, 0.25) is 0 Å². The summed E-state index contributed by atoms with van der Waals surface area (Å²) in [4.78, 5) is 28.1. The first-order chi connectivity index (χ1) is 12.8. The number of ether oxygens (including phenoxy) is 1. The highest BCUT2D eigenvalue weighted by Gasteiger charge is 2.36. The molecular formula is C18H20N6O2. The zero-order valence-electron chi connectivity index (χ0n) is 14.3. The Bertz CT molecular complexity index is 771. The van der Waals surface area contributed by atoms with Crippen LogP contribution in [0.15, 0.2) is 43.1 Å². The fraction of sp³-hybridized carbons (Fsp3) is 0.389. The smallest absolute Gasteiger partial charge is 0.419 e. The number of rotatable bonds is 6. The van der Waals surface area contributed by atoms with Gasteiger partial charge in [0.2, 0.25) is 0 Å². The van der Waals surface area contributed by atoms with Gasteiger partial charge in [0, 0.05) is 30.4 Å². The number of pyridine rings is 1. The van der Waals surface area contributed by atoms with Crippen molar-refractivity contribution in [1.29, 1.82) is 0 Å². The van der Waals surface area contributed by atoms with Gasteiger partial charge in [-0.25, -0.2) is 9.78 Å². The Morgan fingerprint density at radius 1 is 1.19 bits per heavy atom.